The van der Waals surface area contributed by atoms with Crippen LogP contribution < -0.4 is 5.56 Å². The molecule has 2 rings (SSSR count). The van der Waals surface area contributed by atoms with Crippen LogP contribution in [0.3, 0.4) is 0 Å². The third kappa shape index (κ3) is 4.48. The molecule has 2 aromatic rings. The van der Waals surface area contributed by atoms with Gasteiger partial charge in [0.15, 0.2) is 11.6 Å². The lowest BCUT2D eigenvalue weighted by molar-refractivity contribution is 0.0979. The number of pyridine rings is 1. The fourth-order valence-corrected chi connectivity index (χ4v) is 3.41. The Morgan fingerprint density at radius 1 is 1.17 bits per heavy atom. The third-order valence-corrected chi connectivity index (χ3v) is 4.87. The second-order valence-corrected chi connectivity index (χ2v) is 6.74. The van der Waals surface area contributed by atoms with Crippen LogP contribution >= 0.6 is 11.3 Å². The van der Waals surface area contributed by atoms with Crippen molar-refractivity contribution in [1.29, 1.82) is 0 Å². The molecule has 2 aromatic heterocycles. The fourth-order valence-electron chi connectivity index (χ4n) is 2.59. The maximum absolute atomic E-state index is 12.1. The van der Waals surface area contributed by atoms with E-state index in [1.807, 2.05) is 19.9 Å². The maximum atomic E-state index is 12.1. The molecule has 0 unspecified atom stereocenters. The number of Topliss-reactive ketones (excluding diaryl/α,β-unsaturated/α-hetero) is 2. The van der Waals surface area contributed by atoms with Gasteiger partial charge < -0.3 is 4.98 Å². The Morgan fingerprint density at radius 3 is 2.52 bits per heavy atom. The van der Waals surface area contributed by atoms with E-state index in [0.717, 1.165) is 29.7 Å². The molecule has 0 atom stereocenters. The molecule has 0 aliphatic rings. The summed E-state index contributed by atoms with van der Waals surface area (Å²) in [5.74, 6) is 0.0476. The fraction of sp³-hybridized carbons (Fsp3) is 0.389. The molecule has 2 heterocycles. The number of nitrogens with one attached hydrogen (secondary N) is 1. The lowest BCUT2D eigenvalue weighted by Crippen LogP contribution is -2.15. The summed E-state index contributed by atoms with van der Waals surface area (Å²) in [5, 5.41) is 1.74. The molecule has 0 saturated heterocycles. The second kappa shape index (κ2) is 7.51. The molecule has 0 spiro atoms. The Kier molecular flexibility index (Phi) is 5.66. The smallest absolute Gasteiger partial charge is 0.251 e. The molecule has 122 valence electrons. The topological polar surface area (TPSA) is 67.0 Å². The van der Waals surface area contributed by atoms with Gasteiger partial charge in [-0.15, -0.1) is 11.3 Å². The Morgan fingerprint density at radius 2 is 1.91 bits per heavy atom. The molecule has 0 aliphatic heterocycles. The molecule has 0 radical (unpaired) electrons. The average molecular weight is 331 g/mol. The Bertz CT molecular complexity index is 786. The van der Waals surface area contributed by atoms with Gasteiger partial charge in [0.2, 0.25) is 0 Å². The van der Waals surface area contributed by atoms with Crippen LogP contribution in [0.25, 0.3) is 0 Å². The highest BCUT2D eigenvalue weighted by atomic mass is 32.1. The van der Waals surface area contributed by atoms with E-state index < -0.39 is 0 Å². The molecule has 0 amide bonds. The lowest BCUT2D eigenvalue weighted by Gasteiger charge is -2.05. The zero-order valence-corrected chi connectivity index (χ0v) is 14.5. The van der Waals surface area contributed by atoms with Crippen molar-refractivity contribution in [1.82, 2.24) is 4.98 Å². The van der Waals surface area contributed by atoms with Crippen molar-refractivity contribution in [3.63, 3.8) is 0 Å². The Labute approximate surface area is 139 Å². The standard InChI is InChI=1S/C18H21NO3S/c1-11-8-12(2)19-18(22)15(11)6-4-5-7-16(21)14-9-17(13(3)20)23-10-14/h8-10H,4-7H2,1-3H3,(H,19,22). The van der Waals surface area contributed by atoms with E-state index in [1.165, 1.54) is 18.3 Å². The minimum atomic E-state index is -0.0299. The van der Waals surface area contributed by atoms with Crippen LogP contribution in [0.4, 0.5) is 0 Å². The van der Waals surface area contributed by atoms with E-state index in [9.17, 15) is 14.4 Å². The van der Waals surface area contributed by atoms with Crippen LogP contribution in [0.15, 0.2) is 22.3 Å². The average Bonchev–Trinajstić information content (AvgIpc) is 2.95. The number of hydrogen-bond acceptors (Lipinski definition) is 4. The highest BCUT2D eigenvalue weighted by Gasteiger charge is 2.11. The Balaban J connectivity index is 1.87. The summed E-state index contributed by atoms with van der Waals surface area (Å²) in [6, 6.07) is 3.64. The SMILES string of the molecule is CC(=O)c1cc(C(=O)CCCCc2c(C)cc(C)[nH]c2=O)cs1. The summed E-state index contributed by atoms with van der Waals surface area (Å²) in [7, 11) is 0. The van der Waals surface area contributed by atoms with E-state index in [0.29, 0.717) is 23.3 Å². The molecule has 0 aromatic carbocycles. The number of aryl methyl sites for hydroxylation is 2. The quantitative estimate of drug-likeness (QED) is 0.619. The molecular weight excluding hydrogens is 310 g/mol. The molecule has 0 saturated carbocycles. The van der Waals surface area contributed by atoms with E-state index in [2.05, 4.69) is 4.98 Å². The van der Waals surface area contributed by atoms with Crippen molar-refractivity contribution in [3.05, 3.63) is 55.1 Å². The van der Waals surface area contributed by atoms with Crippen LogP contribution in [-0.4, -0.2) is 16.6 Å². The number of aromatic amines is 1. The largest absolute Gasteiger partial charge is 0.326 e. The Hall–Kier alpha value is -2.01. The van der Waals surface area contributed by atoms with E-state index >= 15 is 0 Å². The first-order valence-corrected chi connectivity index (χ1v) is 8.58. The number of thiophene rings is 1. The number of ketones is 2. The van der Waals surface area contributed by atoms with Gasteiger partial charge in [0.1, 0.15) is 0 Å². The van der Waals surface area contributed by atoms with Crippen LogP contribution in [0, 0.1) is 13.8 Å². The minimum absolute atomic E-state index is 0.0110. The van der Waals surface area contributed by atoms with Crippen molar-refractivity contribution < 1.29 is 9.59 Å². The summed E-state index contributed by atoms with van der Waals surface area (Å²) in [6.45, 7) is 5.31. The van der Waals surface area contributed by atoms with Crippen molar-refractivity contribution in [3.8, 4) is 0 Å². The van der Waals surface area contributed by atoms with Crippen molar-refractivity contribution in [2.24, 2.45) is 0 Å². The molecule has 5 heteroatoms. The van der Waals surface area contributed by atoms with Gasteiger partial charge in [-0.3, -0.25) is 14.4 Å². The van der Waals surface area contributed by atoms with E-state index in [1.54, 1.807) is 11.4 Å². The molecule has 1 N–H and O–H groups in total. The van der Waals surface area contributed by atoms with Gasteiger partial charge in [0, 0.05) is 28.6 Å². The monoisotopic (exact) mass is 331 g/mol. The molecule has 4 nitrogen and oxygen atoms in total. The summed E-state index contributed by atoms with van der Waals surface area (Å²) >= 11 is 1.31. The predicted molar refractivity (Wildman–Crippen MR) is 92.7 cm³/mol. The van der Waals surface area contributed by atoms with Gasteiger partial charge in [0.05, 0.1) is 4.88 Å². The van der Waals surface area contributed by atoms with Gasteiger partial charge in [-0.2, -0.15) is 0 Å². The number of aromatic nitrogens is 1. The first-order chi connectivity index (χ1) is 10.9. The van der Waals surface area contributed by atoms with E-state index in [-0.39, 0.29) is 17.1 Å². The number of rotatable bonds is 7. The predicted octanol–water partition coefficient (Wildman–Crippen LogP) is 3.85. The van der Waals surface area contributed by atoms with Crippen molar-refractivity contribution >= 4 is 22.9 Å². The number of hydrogen-bond donors (Lipinski definition) is 1. The molecule has 0 bridgehead atoms. The zero-order valence-electron chi connectivity index (χ0n) is 13.7. The van der Waals surface area contributed by atoms with Gasteiger partial charge >= 0.3 is 0 Å². The van der Waals surface area contributed by atoms with Gasteiger partial charge in [0.25, 0.3) is 5.56 Å². The first kappa shape index (κ1) is 17.3. The lowest BCUT2D eigenvalue weighted by atomic mass is 10.0. The normalized spacial score (nSPS) is 10.7. The van der Waals surface area contributed by atoms with Crippen LogP contribution in [0.2, 0.25) is 0 Å². The number of carbonyl (C=O) groups is 2. The molecule has 23 heavy (non-hydrogen) atoms. The van der Waals surface area contributed by atoms with Gasteiger partial charge in [-0.05, 0) is 57.7 Å². The summed E-state index contributed by atoms with van der Waals surface area (Å²) in [4.78, 5) is 38.7. The van der Waals surface area contributed by atoms with Crippen molar-refractivity contribution in [2.45, 2.75) is 46.5 Å². The van der Waals surface area contributed by atoms with Crippen LogP contribution in [-0.2, 0) is 6.42 Å². The highest BCUT2D eigenvalue weighted by molar-refractivity contribution is 7.12. The summed E-state index contributed by atoms with van der Waals surface area (Å²) in [5.41, 5.74) is 3.26. The second-order valence-electron chi connectivity index (χ2n) is 5.83. The highest BCUT2D eigenvalue weighted by Crippen LogP contribution is 2.18. The summed E-state index contributed by atoms with van der Waals surface area (Å²) < 4.78 is 0. The van der Waals surface area contributed by atoms with Gasteiger partial charge in [-0.1, -0.05) is 0 Å². The number of H-pyrrole nitrogens is 1. The zero-order chi connectivity index (χ0) is 17.0. The maximum Gasteiger partial charge on any atom is 0.251 e. The van der Waals surface area contributed by atoms with Crippen LogP contribution in [0.1, 0.15) is 63.0 Å². The number of carbonyl (C=O) groups excluding carboxylic acids is 2. The third-order valence-electron chi connectivity index (χ3n) is 3.84. The minimum Gasteiger partial charge on any atom is -0.326 e. The molecular formula is C18H21NO3S. The van der Waals surface area contributed by atoms with Crippen molar-refractivity contribution in [2.75, 3.05) is 0 Å². The molecule has 0 fully saturated rings. The van der Waals surface area contributed by atoms with E-state index in [4.69, 9.17) is 0 Å². The summed E-state index contributed by atoms with van der Waals surface area (Å²) in [6.07, 6.45) is 2.65. The first-order valence-electron chi connectivity index (χ1n) is 7.70. The van der Waals surface area contributed by atoms with Gasteiger partial charge in [-0.25, -0.2) is 0 Å². The van der Waals surface area contributed by atoms with Crippen LogP contribution in [0.5, 0.6) is 0 Å². The molecule has 0 aliphatic carbocycles. The number of unbranched alkanes of at least 4 members (excludes halogenated alkanes) is 1.